The SMILES string of the molecule is CC1(CNCCC(N)=NO)CCCO1. The van der Waals surface area contributed by atoms with Gasteiger partial charge in [0.25, 0.3) is 0 Å². The number of nitrogens with zero attached hydrogens (tertiary/aromatic N) is 1. The van der Waals surface area contributed by atoms with E-state index in [2.05, 4.69) is 17.4 Å². The smallest absolute Gasteiger partial charge is 0.140 e. The van der Waals surface area contributed by atoms with Crippen molar-refractivity contribution in [2.24, 2.45) is 10.9 Å². The molecule has 1 saturated heterocycles. The van der Waals surface area contributed by atoms with Gasteiger partial charge in [-0.3, -0.25) is 0 Å². The molecule has 14 heavy (non-hydrogen) atoms. The van der Waals surface area contributed by atoms with Gasteiger partial charge in [-0.2, -0.15) is 0 Å². The largest absolute Gasteiger partial charge is 0.409 e. The Kier molecular flexibility index (Phi) is 4.16. The minimum absolute atomic E-state index is 0.0227. The van der Waals surface area contributed by atoms with Gasteiger partial charge in [0.15, 0.2) is 0 Å². The van der Waals surface area contributed by atoms with Gasteiger partial charge in [0, 0.05) is 26.1 Å². The summed E-state index contributed by atoms with van der Waals surface area (Å²) >= 11 is 0. The maximum Gasteiger partial charge on any atom is 0.140 e. The van der Waals surface area contributed by atoms with Crippen molar-refractivity contribution in [2.45, 2.75) is 31.8 Å². The van der Waals surface area contributed by atoms with Gasteiger partial charge in [-0.05, 0) is 19.8 Å². The Labute approximate surface area is 84.3 Å². The lowest BCUT2D eigenvalue weighted by molar-refractivity contribution is 0.0212. The lowest BCUT2D eigenvalue weighted by atomic mass is 10.0. The topological polar surface area (TPSA) is 79.9 Å². The lowest BCUT2D eigenvalue weighted by Crippen LogP contribution is -2.38. The molecule has 0 amide bonds. The zero-order chi connectivity index (χ0) is 10.4. The minimum Gasteiger partial charge on any atom is -0.409 e. The number of hydrogen-bond donors (Lipinski definition) is 3. The van der Waals surface area contributed by atoms with Crippen LogP contribution >= 0.6 is 0 Å². The third kappa shape index (κ3) is 3.51. The maximum absolute atomic E-state index is 8.31. The highest BCUT2D eigenvalue weighted by Gasteiger charge is 2.28. The highest BCUT2D eigenvalue weighted by molar-refractivity contribution is 5.79. The van der Waals surface area contributed by atoms with Crippen LogP contribution < -0.4 is 11.1 Å². The molecule has 1 atom stereocenters. The van der Waals surface area contributed by atoms with Gasteiger partial charge < -0.3 is 21.0 Å². The summed E-state index contributed by atoms with van der Waals surface area (Å²) in [5.41, 5.74) is 5.31. The summed E-state index contributed by atoms with van der Waals surface area (Å²) in [6, 6.07) is 0. The fourth-order valence-electron chi connectivity index (χ4n) is 1.60. The molecule has 1 heterocycles. The molecular formula is C9H19N3O2. The first kappa shape index (κ1) is 11.3. The third-order valence-corrected chi connectivity index (χ3v) is 2.49. The normalized spacial score (nSPS) is 28.2. The second-order valence-corrected chi connectivity index (χ2v) is 3.92. The first-order valence-corrected chi connectivity index (χ1v) is 4.97. The van der Waals surface area contributed by atoms with E-state index >= 15 is 0 Å². The molecule has 1 unspecified atom stereocenters. The predicted molar refractivity (Wildman–Crippen MR) is 54.5 cm³/mol. The van der Waals surface area contributed by atoms with Crippen LogP contribution in [0.1, 0.15) is 26.2 Å². The van der Waals surface area contributed by atoms with E-state index < -0.39 is 0 Å². The zero-order valence-electron chi connectivity index (χ0n) is 8.62. The molecule has 0 aliphatic carbocycles. The Balaban J connectivity index is 2.09. The van der Waals surface area contributed by atoms with Crippen molar-refractivity contribution in [3.05, 3.63) is 0 Å². The molecule has 0 aromatic carbocycles. The molecule has 0 spiro atoms. The summed E-state index contributed by atoms with van der Waals surface area (Å²) in [7, 11) is 0. The Morgan fingerprint density at radius 1 is 1.71 bits per heavy atom. The van der Waals surface area contributed by atoms with Gasteiger partial charge in [-0.15, -0.1) is 0 Å². The second-order valence-electron chi connectivity index (χ2n) is 3.92. The second kappa shape index (κ2) is 5.17. The van der Waals surface area contributed by atoms with E-state index in [9.17, 15) is 0 Å². The van der Waals surface area contributed by atoms with Gasteiger partial charge in [0.05, 0.1) is 5.60 Å². The van der Waals surface area contributed by atoms with E-state index in [1.165, 1.54) is 0 Å². The van der Waals surface area contributed by atoms with Crippen LogP contribution in [0.4, 0.5) is 0 Å². The van der Waals surface area contributed by atoms with E-state index in [1.54, 1.807) is 0 Å². The van der Waals surface area contributed by atoms with Crippen LogP contribution in [0.5, 0.6) is 0 Å². The van der Waals surface area contributed by atoms with Gasteiger partial charge in [0.2, 0.25) is 0 Å². The third-order valence-electron chi connectivity index (χ3n) is 2.49. The Morgan fingerprint density at radius 3 is 3.07 bits per heavy atom. The number of rotatable bonds is 5. The summed E-state index contributed by atoms with van der Waals surface area (Å²) in [5, 5.41) is 14.4. The van der Waals surface area contributed by atoms with Crippen molar-refractivity contribution >= 4 is 5.84 Å². The highest BCUT2D eigenvalue weighted by Crippen LogP contribution is 2.23. The predicted octanol–water partition coefficient (Wildman–Crippen LogP) is 0.282. The van der Waals surface area contributed by atoms with Crippen LogP contribution in [0.3, 0.4) is 0 Å². The van der Waals surface area contributed by atoms with Crippen molar-refractivity contribution in [3.8, 4) is 0 Å². The average molecular weight is 201 g/mol. The van der Waals surface area contributed by atoms with Crippen molar-refractivity contribution in [1.82, 2.24) is 5.32 Å². The van der Waals surface area contributed by atoms with E-state index in [1.807, 2.05) is 0 Å². The van der Waals surface area contributed by atoms with Crippen LogP contribution in [0.25, 0.3) is 0 Å². The van der Waals surface area contributed by atoms with Crippen molar-refractivity contribution in [3.63, 3.8) is 0 Å². The molecular weight excluding hydrogens is 182 g/mol. The van der Waals surface area contributed by atoms with E-state index in [-0.39, 0.29) is 11.4 Å². The number of ether oxygens (including phenoxy) is 1. The molecule has 1 aliphatic heterocycles. The van der Waals surface area contributed by atoms with E-state index in [0.29, 0.717) is 6.42 Å². The molecule has 4 N–H and O–H groups in total. The molecule has 5 heteroatoms. The monoisotopic (exact) mass is 201 g/mol. The summed E-state index contributed by atoms with van der Waals surface area (Å²) in [5.74, 6) is 0.259. The Morgan fingerprint density at radius 2 is 2.50 bits per heavy atom. The van der Waals surface area contributed by atoms with Crippen LogP contribution in [-0.2, 0) is 4.74 Å². The molecule has 0 aromatic heterocycles. The molecule has 1 aliphatic rings. The van der Waals surface area contributed by atoms with Crippen LogP contribution in [0.2, 0.25) is 0 Å². The van der Waals surface area contributed by atoms with E-state index in [0.717, 1.165) is 32.5 Å². The highest BCUT2D eigenvalue weighted by atomic mass is 16.5. The maximum atomic E-state index is 8.31. The number of nitrogens with one attached hydrogen (secondary N) is 1. The summed E-state index contributed by atoms with van der Waals surface area (Å²) in [6.45, 7) is 4.51. The van der Waals surface area contributed by atoms with Crippen LogP contribution in [-0.4, -0.2) is 36.3 Å². The number of nitrogens with two attached hydrogens (primary N) is 1. The first-order chi connectivity index (χ1) is 6.66. The quantitative estimate of drug-likeness (QED) is 0.196. The standard InChI is InChI=1S/C9H19N3O2/c1-9(4-2-6-14-9)7-11-5-3-8(10)12-13/h11,13H,2-7H2,1H3,(H2,10,12). The zero-order valence-corrected chi connectivity index (χ0v) is 8.62. The Hall–Kier alpha value is -0.810. The van der Waals surface area contributed by atoms with Gasteiger partial charge in [-0.1, -0.05) is 5.16 Å². The molecule has 5 nitrogen and oxygen atoms in total. The summed E-state index contributed by atoms with van der Waals surface area (Å²) in [6.07, 6.45) is 2.80. The number of amidine groups is 1. The van der Waals surface area contributed by atoms with Crippen molar-refractivity contribution in [2.75, 3.05) is 19.7 Å². The van der Waals surface area contributed by atoms with Crippen LogP contribution in [0, 0.1) is 0 Å². The lowest BCUT2D eigenvalue weighted by Gasteiger charge is -2.23. The first-order valence-electron chi connectivity index (χ1n) is 4.97. The molecule has 82 valence electrons. The number of oxime groups is 1. The molecule has 1 fully saturated rings. The fraction of sp³-hybridized carbons (Fsp3) is 0.889. The molecule has 0 saturated carbocycles. The Bertz CT molecular complexity index is 200. The average Bonchev–Trinajstić information content (AvgIpc) is 2.60. The van der Waals surface area contributed by atoms with E-state index in [4.69, 9.17) is 15.7 Å². The van der Waals surface area contributed by atoms with Gasteiger partial charge >= 0.3 is 0 Å². The van der Waals surface area contributed by atoms with Gasteiger partial charge in [-0.25, -0.2) is 0 Å². The summed E-state index contributed by atoms with van der Waals surface area (Å²) < 4.78 is 5.60. The molecule has 0 bridgehead atoms. The van der Waals surface area contributed by atoms with Gasteiger partial charge in [0.1, 0.15) is 5.84 Å². The fourth-order valence-corrected chi connectivity index (χ4v) is 1.60. The summed E-state index contributed by atoms with van der Waals surface area (Å²) in [4.78, 5) is 0. The van der Waals surface area contributed by atoms with Crippen LogP contribution in [0.15, 0.2) is 5.16 Å². The number of hydrogen-bond acceptors (Lipinski definition) is 4. The minimum atomic E-state index is -0.0227. The van der Waals surface area contributed by atoms with Crippen molar-refractivity contribution < 1.29 is 9.94 Å². The van der Waals surface area contributed by atoms with Crippen molar-refractivity contribution in [1.29, 1.82) is 0 Å². The molecule has 0 aromatic rings. The molecule has 0 radical (unpaired) electrons. The molecule has 1 rings (SSSR count).